The summed E-state index contributed by atoms with van der Waals surface area (Å²) in [5, 5.41) is 3.42. The number of aryl methyl sites for hydroxylation is 1. The van der Waals surface area contributed by atoms with Gasteiger partial charge in [0, 0.05) is 12.5 Å². The highest BCUT2D eigenvalue weighted by atomic mass is 16.3. The van der Waals surface area contributed by atoms with E-state index in [0.717, 1.165) is 25.0 Å². The lowest BCUT2D eigenvalue weighted by atomic mass is 9.86. The molecular formula is C19H27NO. The van der Waals surface area contributed by atoms with Gasteiger partial charge in [0.25, 0.3) is 0 Å². The molecule has 0 aliphatic heterocycles. The number of furan rings is 1. The minimum Gasteiger partial charge on any atom is -0.469 e. The van der Waals surface area contributed by atoms with Gasteiger partial charge >= 0.3 is 0 Å². The van der Waals surface area contributed by atoms with Gasteiger partial charge in [-0.3, -0.25) is 0 Å². The fourth-order valence-electron chi connectivity index (χ4n) is 2.55. The molecule has 0 bridgehead atoms. The van der Waals surface area contributed by atoms with E-state index in [1.807, 2.05) is 19.2 Å². The molecule has 1 atom stereocenters. The maximum atomic E-state index is 5.40. The monoisotopic (exact) mass is 285 g/mol. The summed E-state index contributed by atoms with van der Waals surface area (Å²) in [6, 6.07) is 13.5. The van der Waals surface area contributed by atoms with E-state index in [9.17, 15) is 0 Å². The average Bonchev–Trinajstić information content (AvgIpc) is 2.96. The van der Waals surface area contributed by atoms with E-state index in [0.29, 0.717) is 6.04 Å². The minimum atomic E-state index is 0.222. The zero-order valence-electron chi connectivity index (χ0n) is 13.6. The Morgan fingerprint density at radius 2 is 1.81 bits per heavy atom. The van der Waals surface area contributed by atoms with Crippen LogP contribution in [-0.2, 0) is 18.3 Å². The smallest absolute Gasteiger partial charge is 0.103 e. The van der Waals surface area contributed by atoms with Crippen molar-refractivity contribution in [2.75, 3.05) is 7.05 Å². The van der Waals surface area contributed by atoms with Crippen LogP contribution in [0.5, 0.6) is 0 Å². The lowest BCUT2D eigenvalue weighted by Gasteiger charge is -2.20. The van der Waals surface area contributed by atoms with Crippen molar-refractivity contribution in [3.8, 4) is 0 Å². The summed E-state index contributed by atoms with van der Waals surface area (Å²) in [7, 11) is 2.04. The molecule has 1 heterocycles. The van der Waals surface area contributed by atoms with Gasteiger partial charge in [-0.25, -0.2) is 0 Å². The average molecular weight is 285 g/mol. The van der Waals surface area contributed by atoms with Gasteiger partial charge in [-0.15, -0.1) is 0 Å². The molecule has 1 aromatic heterocycles. The Labute approximate surface area is 128 Å². The molecule has 2 heteroatoms. The number of benzene rings is 1. The first-order valence-corrected chi connectivity index (χ1v) is 7.78. The predicted octanol–water partition coefficient (Wildman–Crippen LogP) is 4.34. The van der Waals surface area contributed by atoms with E-state index in [2.05, 4.69) is 50.4 Å². The largest absolute Gasteiger partial charge is 0.469 e. The molecule has 0 radical (unpaired) electrons. The van der Waals surface area contributed by atoms with Crippen molar-refractivity contribution < 1.29 is 4.42 Å². The van der Waals surface area contributed by atoms with Crippen molar-refractivity contribution >= 4 is 0 Å². The third kappa shape index (κ3) is 4.75. The van der Waals surface area contributed by atoms with Crippen LogP contribution in [0.2, 0.25) is 0 Å². The first-order chi connectivity index (χ1) is 9.99. The number of nitrogens with one attached hydrogen (secondary N) is 1. The van der Waals surface area contributed by atoms with Crippen LogP contribution < -0.4 is 5.32 Å². The summed E-state index contributed by atoms with van der Waals surface area (Å²) in [6.07, 6.45) is 4.88. The third-order valence-electron chi connectivity index (χ3n) is 4.03. The van der Waals surface area contributed by atoms with Gasteiger partial charge in [-0.1, -0.05) is 45.0 Å². The molecule has 0 amide bonds. The van der Waals surface area contributed by atoms with Crippen molar-refractivity contribution in [2.24, 2.45) is 0 Å². The highest BCUT2D eigenvalue weighted by Crippen LogP contribution is 2.22. The minimum absolute atomic E-state index is 0.222. The van der Waals surface area contributed by atoms with Crippen LogP contribution in [0.25, 0.3) is 0 Å². The molecule has 0 spiro atoms. The second kappa shape index (κ2) is 6.95. The van der Waals surface area contributed by atoms with E-state index in [4.69, 9.17) is 4.42 Å². The van der Waals surface area contributed by atoms with E-state index in [-0.39, 0.29) is 5.41 Å². The quantitative estimate of drug-likeness (QED) is 0.854. The summed E-state index contributed by atoms with van der Waals surface area (Å²) in [5.41, 5.74) is 3.00. The first-order valence-electron chi connectivity index (χ1n) is 7.78. The molecule has 2 rings (SSSR count). The van der Waals surface area contributed by atoms with Crippen LogP contribution in [0.15, 0.2) is 47.1 Å². The van der Waals surface area contributed by atoms with E-state index in [1.54, 1.807) is 6.26 Å². The van der Waals surface area contributed by atoms with Gasteiger partial charge in [0.15, 0.2) is 0 Å². The molecule has 114 valence electrons. The molecule has 1 aromatic carbocycles. The van der Waals surface area contributed by atoms with Crippen LogP contribution >= 0.6 is 0 Å². The van der Waals surface area contributed by atoms with E-state index >= 15 is 0 Å². The third-order valence-corrected chi connectivity index (χ3v) is 4.03. The zero-order chi connectivity index (χ0) is 15.3. The van der Waals surface area contributed by atoms with Gasteiger partial charge < -0.3 is 9.73 Å². The Bertz CT molecular complexity index is 520. The van der Waals surface area contributed by atoms with Gasteiger partial charge in [-0.2, -0.15) is 0 Å². The summed E-state index contributed by atoms with van der Waals surface area (Å²) < 4.78 is 5.40. The van der Waals surface area contributed by atoms with Gasteiger partial charge in [0.1, 0.15) is 5.76 Å². The van der Waals surface area contributed by atoms with Crippen molar-refractivity contribution in [1.82, 2.24) is 5.32 Å². The Balaban J connectivity index is 1.92. The first kappa shape index (κ1) is 15.8. The van der Waals surface area contributed by atoms with Crippen molar-refractivity contribution in [1.29, 1.82) is 0 Å². The van der Waals surface area contributed by atoms with Crippen LogP contribution in [0.1, 0.15) is 44.1 Å². The molecule has 0 fully saturated rings. The molecule has 0 aliphatic carbocycles. The Kier molecular flexibility index (Phi) is 5.24. The van der Waals surface area contributed by atoms with Gasteiger partial charge in [-0.05, 0) is 48.6 Å². The maximum Gasteiger partial charge on any atom is 0.103 e. The van der Waals surface area contributed by atoms with Crippen molar-refractivity contribution in [3.05, 3.63) is 59.5 Å². The molecule has 2 aromatic rings. The number of likely N-dealkylation sites (N-methyl/N-ethyl adjacent to an activating group) is 1. The highest BCUT2D eigenvalue weighted by Gasteiger charge is 2.14. The Morgan fingerprint density at radius 3 is 2.33 bits per heavy atom. The maximum absolute atomic E-state index is 5.40. The second-order valence-electron chi connectivity index (χ2n) is 6.75. The van der Waals surface area contributed by atoms with Crippen LogP contribution in [0, 0.1) is 0 Å². The summed E-state index contributed by atoms with van der Waals surface area (Å²) in [5.74, 6) is 1.07. The fraction of sp³-hybridized carbons (Fsp3) is 0.474. The SMILES string of the molecule is CNC(CCc1ccco1)Cc1ccc(C(C)(C)C)cc1. The molecule has 0 aliphatic rings. The Hall–Kier alpha value is -1.54. The lowest BCUT2D eigenvalue weighted by molar-refractivity contribution is 0.460. The zero-order valence-corrected chi connectivity index (χ0v) is 13.6. The topological polar surface area (TPSA) is 25.2 Å². The predicted molar refractivity (Wildman–Crippen MR) is 88.7 cm³/mol. The van der Waals surface area contributed by atoms with E-state index in [1.165, 1.54) is 11.1 Å². The van der Waals surface area contributed by atoms with Crippen LogP contribution in [0.3, 0.4) is 0 Å². The van der Waals surface area contributed by atoms with Gasteiger partial charge in [0.2, 0.25) is 0 Å². The highest BCUT2D eigenvalue weighted by molar-refractivity contribution is 5.28. The lowest BCUT2D eigenvalue weighted by Crippen LogP contribution is -2.28. The molecule has 2 nitrogen and oxygen atoms in total. The fourth-order valence-corrected chi connectivity index (χ4v) is 2.55. The van der Waals surface area contributed by atoms with Crippen molar-refractivity contribution in [2.45, 2.75) is 51.5 Å². The van der Waals surface area contributed by atoms with Crippen LogP contribution in [0.4, 0.5) is 0 Å². The van der Waals surface area contributed by atoms with Crippen LogP contribution in [-0.4, -0.2) is 13.1 Å². The molecule has 21 heavy (non-hydrogen) atoms. The molecular weight excluding hydrogens is 258 g/mol. The summed E-state index contributed by atoms with van der Waals surface area (Å²) in [4.78, 5) is 0. The Morgan fingerprint density at radius 1 is 1.10 bits per heavy atom. The number of hydrogen-bond donors (Lipinski definition) is 1. The molecule has 0 saturated heterocycles. The van der Waals surface area contributed by atoms with Gasteiger partial charge in [0.05, 0.1) is 6.26 Å². The number of hydrogen-bond acceptors (Lipinski definition) is 2. The molecule has 1 unspecified atom stereocenters. The van der Waals surface area contributed by atoms with E-state index < -0.39 is 0 Å². The molecule has 0 saturated carbocycles. The second-order valence-corrected chi connectivity index (χ2v) is 6.75. The molecule has 1 N–H and O–H groups in total. The summed E-state index contributed by atoms with van der Waals surface area (Å²) in [6.45, 7) is 6.76. The number of rotatable bonds is 6. The van der Waals surface area contributed by atoms with Crippen molar-refractivity contribution in [3.63, 3.8) is 0 Å². The standard InChI is InChI=1S/C19H27NO/c1-19(2,3)16-9-7-15(8-10-16)14-17(20-4)11-12-18-6-5-13-21-18/h5-10,13,17,20H,11-12,14H2,1-4H3. The summed E-state index contributed by atoms with van der Waals surface area (Å²) >= 11 is 0. The normalized spacial score (nSPS) is 13.3.